The lowest BCUT2D eigenvalue weighted by molar-refractivity contribution is -0.142. The Labute approximate surface area is 150 Å². The van der Waals surface area contributed by atoms with Crippen LogP contribution < -0.4 is 5.32 Å². The zero-order chi connectivity index (χ0) is 18.9. The summed E-state index contributed by atoms with van der Waals surface area (Å²) < 4.78 is 0. The van der Waals surface area contributed by atoms with E-state index in [2.05, 4.69) is 24.4 Å². The van der Waals surface area contributed by atoms with Gasteiger partial charge in [0.1, 0.15) is 6.23 Å². The largest absolute Gasteiger partial charge is 0.480 e. The number of nitrogens with zero attached hydrogens (tertiary/aromatic N) is 1. The highest BCUT2D eigenvalue weighted by Gasteiger charge is 2.17. The predicted octanol–water partition coefficient (Wildman–Crippen LogP) is 1.50. The van der Waals surface area contributed by atoms with E-state index >= 15 is 0 Å². The number of unbranched alkanes of at least 4 members (excludes halogenated alkanes) is 5. The molecule has 0 saturated carbocycles. The molecule has 7 heteroatoms. The maximum atomic E-state index is 11.7. The second-order valence-corrected chi connectivity index (χ2v) is 6.09. The molecule has 1 amide bonds. The van der Waals surface area contributed by atoms with Crippen molar-refractivity contribution in [3.05, 3.63) is 12.2 Å². The Morgan fingerprint density at radius 1 is 1.12 bits per heavy atom. The highest BCUT2D eigenvalue weighted by atomic mass is 16.4. The third-order valence-electron chi connectivity index (χ3n) is 3.81. The molecule has 1 unspecified atom stereocenters. The van der Waals surface area contributed by atoms with Crippen LogP contribution in [0, 0.1) is 0 Å². The lowest BCUT2D eigenvalue weighted by Gasteiger charge is -2.24. The Kier molecular flexibility index (Phi) is 15.1. The van der Waals surface area contributed by atoms with Gasteiger partial charge in [0, 0.05) is 19.5 Å². The van der Waals surface area contributed by atoms with Crippen molar-refractivity contribution in [2.75, 3.05) is 26.2 Å². The first kappa shape index (κ1) is 23.6. The monoisotopic (exact) mass is 358 g/mol. The summed E-state index contributed by atoms with van der Waals surface area (Å²) in [4.78, 5) is 23.6. The van der Waals surface area contributed by atoms with Gasteiger partial charge < -0.3 is 20.6 Å². The van der Waals surface area contributed by atoms with Crippen LogP contribution in [0.2, 0.25) is 0 Å². The summed E-state index contributed by atoms with van der Waals surface area (Å²) in [5.41, 5.74) is 0. The number of aliphatic hydroxyl groups is 2. The number of aliphatic carboxylic acids is 1. The average Bonchev–Trinajstić information content (AvgIpc) is 2.58. The molecule has 25 heavy (non-hydrogen) atoms. The minimum Gasteiger partial charge on any atom is -0.480 e. The molecule has 0 spiro atoms. The van der Waals surface area contributed by atoms with Crippen LogP contribution in [-0.4, -0.2) is 64.6 Å². The summed E-state index contributed by atoms with van der Waals surface area (Å²) in [5.74, 6) is -1.18. The van der Waals surface area contributed by atoms with E-state index in [9.17, 15) is 14.7 Å². The number of amides is 1. The van der Waals surface area contributed by atoms with Gasteiger partial charge in [-0.1, -0.05) is 31.9 Å². The number of carbonyl (C=O) groups is 2. The van der Waals surface area contributed by atoms with Crippen LogP contribution in [0.1, 0.15) is 58.3 Å². The van der Waals surface area contributed by atoms with E-state index in [0.29, 0.717) is 6.42 Å². The minimum atomic E-state index is -1.24. The van der Waals surface area contributed by atoms with Crippen LogP contribution in [0.4, 0.5) is 0 Å². The molecule has 0 heterocycles. The lowest BCUT2D eigenvalue weighted by atomic mass is 10.1. The van der Waals surface area contributed by atoms with Crippen LogP contribution in [-0.2, 0) is 9.59 Å². The summed E-state index contributed by atoms with van der Waals surface area (Å²) in [7, 11) is 0. The number of allylic oxidation sites excluding steroid dienone is 2. The van der Waals surface area contributed by atoms with E-state index in [1.54, 1.807) is 0 Å². The number of carbonyl (C=O) groups excluding carboxylic acids is 1. The van der Waals surface area contributed by atoms with Crippen molar-refractivity contribution in [1.29, 1.82) is 0 Å². The van der Waals surface area contributed by atoms with Crippen molar-refractivity contribution in [3.8, 4) is 0 Å². The van der Waals surface area contributed by atoms with Crippen LogP contribution in [0.25, 0.3) is 0 Å². The van der Waals surface area contributed by atoms with Gasteiger partial charge >= 0.3 is 5.97 Å². The zero-order valence-electron chi connectivity index (χ0n) is 15.3. The number of hydrogen-bond donors (Lipinski definition) is 4. The molecule has 0 saturated heterocycles. The maximum absolute atomic E-state index is 11.7. The number of carboxylic acid groups (broad SMARTS) is 1. The average molecular weight is 358 g/mol. The van der Waals surface area contributed by atoms with E-state index in [1.807, 2.05) is 0 Å². The molecular weight excluding hydrogens is 324 g/mol. The van der Waals surface area contributed by atoms with Crippen molar-refractivity contribution < 1.29 is 24.9 Å². The summed E-state index contributed by atoms with van der Waals surface area (Å²) in [6, 6.07) is 0. The second kappa shape index (κ2) is 16.1. The predicted molar refractivity (Wildman–Crippen MR) is 97.1 cm³/mol. The zero-order valence-corrected chi connectivity index (χ0v) is 15.3. The lowest BCUT2D eigenvalue weighted by Crippen LogP contribution is -2.45. The number of aliphatic hydroxyl groups excluding tert-OH is 2. The molecule has 0 aliphatic heterocycles. The SMILES string of the molecule is CCCCC/C=C/CCCCC(=O)NCCN(CC(=O)O)C(O)CO. The number of rotatable bonds is 16. The van der Waals surface area contributed by atoms with Crippen LogP contribution in [0.15, 0.2) is 12.2 Å². The Hall–Kier alpha value is -1.44. The van der Waals surface area contributed by atoms with Gasteiger partial charge in [0.2, 0.25) is 5.91 Å². The van der Waals surface area contributed by atoms with Crippen molar-refractivity contribution in [3.63, 3.8) is 0 Å². The first-order valence-corrected chi connectivity index (χ1v) is 9.17. The van der Waals surface area contributed by atoms with Crippen molar-refractivity contribution in [1.82, 2.24) is 10.2 Å². The van der Waals surface area contributed by atoms with Gasteiger partial charge in [0.05, 0.1) is 13.2 Å². The summed E-state index contributed by atoms with van der Waals surface area (Å²) in [6.07, 6.45) is 11.2. The molecule has 0 aromatic heterocycles. The van der Waals surface area contributed by atoms with Gasteiger partial charge in [0.15, 0.2) is 0 Å². The van der Waals surface area contributed by atoms with Crippen molar-refractivity contribution in [2.24, 2.45) is 0 Å². The molecule has 7 nitrogen and oxygen atoms in total. The fraction of sp³-hybridized carbons (Fsp3) is 0.778. The molecule has 0 bridgehead atoms. The molecule has 0 radical (unpaired) electrons. The van der Waals surface area contributed by atoms with E-state index < -0.39 is 18.8 Å². The van der Waals surface area contributed by atoms with Gasteiger partial charge in [-0.05, 0) is 32.1 Å². The molecule has 0 aliphatic rings. The third-order valence-corrected chi connectivity index (χ3v) is 3.81. The highest BCUT2D eigenvalue weighted by molar-refractivity contribution is 5.75. The Morgan fingerprint density at radius 3 is 2.32 bits per heavy atom. The first-order chi connectivity index (χ1) is 12.0. The van der Waals surface area contributed by atoms with Crippen LogP contribution in [0.5, 0.6) is 0 Å². The van der Waals surface area contributed by atoms with Gasteiger partial charge in [-0.25, -0.2) is 0 Å². The minimum absolute atomic E-state index is 0.0827. The number of hydrogen-bond acceptors (Lipinski definition) is 5. The van der Waals surface area contributed by atoms with Gasteiger partial charge in [-0.2, -0.15) is 0 Å². The first-order valence-electron chi connectivity index (χ1n) is 9.17. The third kappa shape index (κ3) is 14.6. The molecule has 1 atom stereocenters. The summed E-state index contributed by atoms with van der Waals surface area (Å²) in [6.45, 7) is 1.66. The quantitative estimate of drug-likeness (QED) is 0.189. The van der Waals surface area contributed by atoms with E-state index in [4.69, 9.17) is 10.2 Å². The number of nitrogens with one attached hydrogen (secondary N) is 1. The molecule has 4 N–H and O–H groups in total. The maximum Gasteiger partial charge on any atom is 0.317 e. The summed E-state index contributed by atoms with van der Waals surface area (Å²) in [5, 5.41) is 29.9. The van der Waals surface area contributed by atoms with E-state index in [0.717, 1.165) is 25.7 Å². The standard InChI is InChI=1S/C18H34N2O5/c1-2-3-4-5-6-7-8-9-10-11-16(22)19-12-13-20(14-18(24)25)17(23)15-21/h6-7,17,21,23H,2-5,8-15H2,1H3,(H,19,22)(H,24,25)/b7-6+. The van der Waals surface area contributed by atoms with Gasteiger partial charge in [-0.15, -0.1) is 0 Å². The second-order valence-electron chi connectivity index (χ2n) is 6.09. The Bertz CT molecular complexity index is 388. The molecule has 146 valence electrons. The number of carboxylic acids is 1. The Balaban J connectivity index is 3.73. The molecule has 0 aliphatic carbocycles. The van der Waals surface area contributed by atoms with Crippen LogP contribution >= 0.6 is 0 Å². The van der Waals surface area contributed by atoms with Gasteiger partial charge in [-0.3, -0.25) is 14.5 Å². The molecule has 0 fully saturated rings. The van der Waals surface area contributed by atoms with Crippen molar-refractivity contribution in [2.45, 2.75) is 64.5 Å². The molecule has 0 aromatic carbocycles. The molecule has 0 rings (SSSR count). The normalized spacial score (nSPS) is 12.6. The molecular formula is C18H34N2O5. The summed E-state index contributed by atoms with van der Waals surface area (Å²) >= 11 is 0. The fourth-order valence-corrected chi connectivity index (χ4v) is 2.35. The van der Waals surface area contributed by atoms with Crippen molar-refractivity contribution >= 4 is 11.9 Å². The molecule has 0 aromatic rings. The highest BCUT2D eigenvalue weighted by Crippen LogP contribution is 2.04. The topological polar surface area (TPSA) is 110 Å². The Morgan fingerprint density at radius 2 is 1.76 bits per heavy atom. The fourth-order valence-electron chi connectivity index (χ4n) is 2.35. The van der Waals surface area contributed by atoms with Crippen LogP contribution in [0.3, 0.4) is 0 Å². The van der Waals surface area contributed by atoms with E-state index in [1.165, 1.54) is 24.2 Å². The van der Waals surface area contributed by atoms with E-state index in [-0.39, 0.29) is 25.5 Å². The smallest absolute Gasteiger partial charge is 0.317 e. The van der Waals surface area contributed by atoms with Gasteiger partial charge in [0.25, 0.3) is 0 Å².